The van der Waals surface area contributed by atoms with Crippen LogP contribution in [0.1, 0.15) is 28.4 Å². The van der Waals surface area contributed by atoms with Gasteiger partial charge in [-0.1, -0.05) is 0 Å². The second-order valence-corrected chi connectivity index (χ2v) is 3.82. The van der Waals surface area contributed by atoms with Crippen molar-refractivity contribution in [3.05, 3.63) is 28.8 Å². The van der Waals surface area contributed by atoms with Crippen molar-refractivity contribution in [2.45, 2.75) is 19.3 Å². The number of ether oxygens (including phenoxy) is 2. The highest BCUT2D eigenvalue weighted by Gasteiger charge is 2.42. The van der Waals surface area contributed by atoms with Gasteiger partial charge in [0, 0.05) is 0 Å². The third-order valence-electron chi connectivity index (χ3n) is 2.43. The highest BCUT2D eigenvalue weighted by Crippen LogP contribution is 2.41. The Bertz CT molecular complexity index is 533. The molecule has 0 N–H and O–H groups in total. The lowest BCUT2D eigenvalue weighted by Crippen LogP contribution is -2.19. The number of halogens is 6. The Balaban J connectivity index is 3.65. The van der Waals surface area contributed by atoms with E-state index in [1.807, 2.05) is 0 Å². The number of methoxy groups -OCH3 is 1. The maximum absolute atomic E-state index is 12.9. The summed E-state index contributed by atoms with van der Waals surface area (Å²) in [6.45, 7) is 1.11. The van der Waals surface area contributed by atoms with E-state index in [2.05, 4.69) is 9.47 Å². The molecule has 0 spiro atoms. The van der Waals surface area contributed by atoms with Crippen molar-refractivity contribution in [3.63, 3.8) is 0 Å². The minimum absolute atomic E-state index is 0.144. The van der Waals surface area contributed by atoms with Crippen LogP contribution in [0, 0.1) is 0 Å². The Kier molecular flexibility index (Phi) is 4.75. The maximum Gasteiger partial charge on any atom is 0.417 e. The first-order chi connectivity index (χ1) is 9.52. The molecule has 1 rings (SSSR count). The summed E-state index contributed by atoms with van der Waals surface area (Å²) < 4.78 is 85.5. The third kappa shape index (κ3) is 3.79. The average Bonchev–Trinajstić information content (AvgIpc) is 2.35. The average molecular weight is 316 g/mol. The van der Waals surface area contributed by atoms with E-state index in [1.54, 1.807) is 0 Å². The van der Waals surface area contributed by atoms with Gasteiger partial charge in [-0.15, -0.1) is 0 Å². The van der Waals surface area contributed by atoms with Crippen LogP contribution in [0.15, 0.2) is 12.1 Å². The number of benzene rings is 1. The Labute approximate surface area is 115 Å². The summed E-state index contributed by atoms with van der Waals surface area (Å²) in [7, 11) is 0.859. The number of esters is 1. The number of alkyl halides is 6. The molecule has 0 aliphatic carbocycles. The molecule has 0 saturated carbocycles. The van der Waals surface area contributed by atoms with Crippen LogP contribution in [0.3, 0.4) is 0 Å². The summed E-state index contributed by atoms with van der Waals surface area (Å²) >= 11 is 0. The van der Waals surface area contributed by atoms with Crippen molar-refractivity contribution in [1.82, 2.24) is 0 Å². The maximum atomic E-state index is 12.9. The Morgan fingerprint density at radius 2 is 1.67 bits per heavy atom. The molecule has 0 fully saturated rings. The van der Waals surface area contributed by atoms with E-state index in [1.165, 1.54) is 6.92 Å². The van der Waals surface area contributed by atoms with Crippen LogP contribution < -0.4 is 4.74 Å². The van der Waals surface area contributed by atoms with E-state index < -0.39 is 40.8 Å². The summed E-state index contributed by atoms with van der Waals surface area (Å²) in [5, 5.41) is 0. The molecule has 0 aromatic heterocycles. The van der Waals surface area contributed by atoms with Crippen molar-refractivity contribution in [1.29, 1.82) is 0 Å². The molecule has 118 valence electrons. The predicted octanol–water partition coefficient (Wildman–Crippen LogP) is 3.91. The van der Waals surface area contributed by atoms with Gasteiger partial charge < -0.3 is 9.47 Å². The molecule has 0 unspecified atom stereocenters. The second-order valence-electron chi connectivity index (χ2n) is 3.82. The smallest absolute Gasteiger partial charge is 0.417 e. The van der Waals surface area contributed by atoms with Crippen LogP contribution in [0.5, 0.6) is 5.75 Å². The zero-order valence-corrected chi connectivity index (χ0v) is 10.9. The number of rotatable bonds is 3. The summed E-state index contributed by atoms with van der Waals surface area (Å²) in [5.74, 6) is -2.26. The zero-order chi connectivity index (χ0) is 16.4. The fraction of sp³-hybridized carbons (Fsp3) is 0.417. The Morgan fingerprint density at radius 1 is 1.10 bits per heavy atom. The van der Waals surface area contributed by atoms with Gasteiger partial charge in [-0.05, 0) is 19.1 Å². The van der Waals surface area contributed by atoms with Crippen molar-refractivity contribution in [3.8, 4) is 5.75 Å². The molecule has 0 aliphatic rings. The normalized spacial score (nSPS) is 12.2. The molecular weight excluding hydrogens is 306 g/mol. The van der Waals surface area contributed by atoms with Gasteiger partial charge in [0.05, 0.1) is 24.8 Å². The number of hydrogen-bond acceptors (Lipinski definition) is 3. The molecule has 0 bridgehead atoms. The Hall–Kier alpha value is -1.93. The largest absolute Gasteiger partial charge is 0.496 e. The molecular formula is C12H10F6O3. The van der Waals surface area contributed by atoms with E-state index in [4.69, 9.17) is 0 Å². The molecule has 3 nitrogen and oxygen atoms in total. The zero-order valence-electron chi connectivity index (χ0n) is 10.9. The van der Waals surface area contributed by atoms with Crippen molar-refractivity contribution in [2.75, 3.05) is 13.7 Å². The van der Waals surface area contributed by atoms with Crippen LogP contribution in [-0.4, -0.2) is 19.7 Å². The first kappa shape index (κ1) is 17.1. The predicted molar refractivity (Wildman–Crippen MR) is 59.0 cm³/mol. The van der Waals surface area contributed by atoms with Crippen molar-refractivity contribution in [2.24, 2.45) is 0 Å². The van der Waals surface area contributed by atoms with Gasteiger partial charge >= 0.3 is 18.3 Å². The molecule has 0 atom stereocenters. The van der Waals surface area contributed by atoms with Gasteiger partial charge in [0.2, 0.25) is 0 Å². The number of carbonyl (C=O) groups is 1. The molecule has 1 aromatic carbocycles. The van der Waals surface area contributed by atoms with Gasteiger partial charge in [-0.2, -0.15) is 26.3 Å². The van der Waals surface area contributed by atoms with Gasteiger partial charge in [-0.3, -0.25) is 0 Å². The number of carbonyl (C=O) groups excluding carboxylic acids is 1. The Morgan fingerprint density at radius 3 is 2.05 bits per heavy atom. The fourth-order valence-corrected chi connectivity index (χ4v) is 1.58. The van der Waals surface area contributed by atoms with Crippen LogP contribution in [0.4, 0.5) is 26.3 Å². The van der Waals surface area contributed by atoms with Gasteiger partial charge in [0.1, 0.15) is 11.3 Å². The lowest BCUT2D eigenvalue weighted by Gasteiger charge is -2.18. The molecule has 0 heterocycles. The monoisotopic (exact) mass is 316 g/mol. The summed E-state index contributed by atoms with van der Waals surface area (Å²) in [5.41, 5.74) is -4.41. The third-order valence-corrected chi connectivity index (χ3v) is 2.43. The highest BCUT2D eigenvalue weighted by atomic mass is 19.4. The van der Waals surface area contributed by atoms with E-state index in [0.717, 1.165) is 7.11 Å². The van der Waals surface area contributed by atoms with E-state index >= 15 is 0 Å². The van der Waals surface area contributed by atoms with E-state index in [-0.39, 0.29) is 12.7 Å². The van der Waals surface area contributed by atoms with Crippen LogP contribution in [0.2, 0.25) is 0 Å². The SMILES string of the molecule is CCOC(=O)c1c(OC)cc(C(F)(F)F)cc1C(F)(F)F. The molecule has 0 saturated heterocycles. The standard InChI is InChI=1S/C12H10F6O3/c1-3-21-10(19)9-7(12(16,17)18)4-6(11(13,14)15)5-8(9)20-2/h4-5H,3H2,1-2H3. The molecule has 0 radical (unpaired) electrons. The second kappa shape index (κ2) is 5.82. The fourth-order valence-electron chi connectivity index (χ4n) is 1.58. The minimum Gasteiger partial charge on any atom is -0.496 e. The van der Waals surface area contributed by atoms with Crippen LogP contribution in [0.25, 0.3) is 0 Å². The summed E-state index contributed by atoms with van der Waals surface area (Å²) in [4.78, 5) is 11.6. The summed E-state index contributed by atoms with van der Waals surface area (Å²) in [6.07, 6.45) is -10.2. The highest BCUT2D eigenvalue weighted by molar-refractivity contribution is 5.94. The first-order valence-corrected chi connectivity index (χ1v) is 5.55. The molecule has 9 heteroatoms. The quantitative estimate of drug-likeness (QED) is 0.626. The minimum atomic E-state index is -5.17. The number of hydrogen-bond donors (Lipinski definition) is 0. The van der Waals surface area contributed by atoms with E-state index in [0.29, 0.717) is 6.07 Å². The van der Waals surface area contributed by atoms with Crippen molar-refractivity contribution < 1.29 is 40.6 Å². The lowest BCUT2D eigenvalue weighted by atomic mass is 10.0. The van der Waals surface area contributed by atoms with Crippen molar-refractivity contribution >= 4 is 5.97 Å². The first-order valence-electron chi connectivity index (χ1n) is 5.55. The molecule has 0 amide bonds. The van der Waals surface area contributed by atoms with Crippen LogP contribution >= 0.6 is 0 Å². The van der Waals surface area contributed by atoms with Crippen LogP contribution in [-0.2, 0) is 17.1 Å². The molecule has 21 heavy (non-hydrogen) atoms. The molecule has 0 aliphatic heterocycles. The van der Waals surface area contributed by atoms with Gasteiger partial charge in [0.15, 0.2) is 0 Å². The van der Waals surface area contributed by atoms with Gasteiger partial charge in [-0.25, -0.2) is 4.79 Å². The molecule has 1 aromatic rings. The topological polar surface area (TPSA) is 35.5 Å². The van der Waals surface area contributed by atoms with Gasteiger partial charge in [0.25, 0.3) is 0 Å². The van der Waals surface area contributed by atoms with E-state index in [9.17, 15) is 31.1 Å². The summed E-state index contributed by atoms with van der Waals surface area (Å²) in [6, 6.07) is 0.177. The lowest BCUT2D eigenvalue weighted by molar-refractivity contribution is -0.143.